The normalized spacial score (nSPS) is 46.7. The van der Waals surface area contributed by atoms with Gasteiger partial charge in [0.2, 0.25) is 5.91 Å². The molecule has 2 heteroatoms. The molecule has 0 aromatic carbocycles. The zero-order valence-corrected chi connectivity index (χ0v) is 8.81. The second kappa shape index (κ2) is 2.10. The minimum atomic E-state index is -0.193. The van der Waals surface area contributed by atoms with Crippen molar-refractivity contribution in [3.05, 3.63) is 0 Å². The number of carbonyl (C=O) groups is 1. The number of primary amides is 1. The van der Waals surface area contributed by atoms with Crippen molar-refractivity contribution >= 4 is 5.91 Å². The van der Waals surface area contributed by atoms with Crippen LogP contribution in [0.15, 0.2) is 0 Å². The van der Waals surface area contributed by atoms with E-state index in [-0.39, 0.29) is 16.7 Å². The van der Waals surface area contributed by atoms with Crippen molar-refractivity contribution in [2.24, 2.45) is 22.0 Å². The number of amides is 1. The largest absolute Gasteiger partial charge is 0.369 e. The molecule has 0 aliphatic heterocycles. The Kier molecular flexibility index (Phi) is 1.46. The molecule has 0 atom stereocenters. The standard InChI is InChI=1S/C11H19NO/c1-9(2)10(3)4-6-11(9,7-5-10)8(12)13/h4-7H2,1-3H3,(H2,12,13). The average molecular weight is 181 g/mol. The molecule has 2 nitrogen and oxygen atoms in total. The van der Waals surface area contributed by atoms with E-state index in [4.69, 9.17) is 5.73 Å². The summed E-state index contributed by atoms with van der Waals surface area (Å²) in [5.74, 6) is -0.0706. The van der Waals surface area contributed by atoms with Crippen LogP contribution in [0.2, 0.25) is 0 Å². The highest BCUT2D eigenvalue weighted by Crippen LogP contribution is 2.71. The van der Waals surface area contributed by atoms with Gasteiger partial charge in [-0.1, -0.05) is 20.8 Å². The van der Waals surface area contributed by atoms with Crippen LogP contribution >= 0.6 is 0 Å². The van der Waals surface area contributed by atoms with Crippen LogP contribution in [0.4, 0.5) is 0 Å². The summed E-state index contributed by atoms with van der Waals surface area (Å²) in [5.41, 5.74) is 5.83. The summed E-state index contributed by atoms with van der Waals surface area (Å²) in [5, 5.41) is 0. The molecule has 2 fully saturated rings. The van der Waals surface area contributed by atoms with Gasteiger partial charge in [-0.2, -0.15) is 0 Å². The van der Waals surface area contributed by atoms with Gasteiger partial charge in [-0.25, -0.2) is 0 Å². The molecule has 2 aliphatic carbocycles. The summed E-state index contributed by atoms with van der Waals surface area (Å²) in [6.07, 6.45) is 4.35. The van der Waals surface area contributed by atoms with Gasteiger partial charge in [0, 0.05) is 0 Å². The van der Waals surface area contributed by atoms with Gasteiger partial charge in [-0.15, -0.1) is 0 Å². The van der Waals surface area contributed by atoms with Crippen LogP contribution in [0, 0.1) is 16.2 Å². The topological polar surface area (TPSA) is 43.1 Å². The Labute approximate surface area is 79.9 Å². The van der Waals surface area contributed by atoms with Crippen LogP contribution in [0.3, 0.4) is 0 Å². The van der Waals surface area contributed by atoms with Gasteiger partial charge in [0.1, 0.15) is 0 Å². The van der Waals surface area contributed by atoms with Crippen LogP contribution < -0.4 is 5.73 Å². The Hall–Kier alpha value is -0.530. The molecular formula is C11H19NO. The molecule has 0 aromatic heterocycles. The summed E-state index contributed by atoms with van der Waals surface area (Å²) in [4.78, 5) is 11.6. The third kappa shape index (κ3) is 0.733. The molecule has 0 spiro atoms. The third-order valence-electron chi connectivity index (χ3n) is 5.38. The maximum Gasteiger partial charge on any atom is 0.224 e. The van der Waals surface area contributed by atoms with E-state index >= 15 is 0 Å². The molecule has 0 aromatic rings. The van der Waals surface area contributed by atoms with Crippen LogP contribution in [0.5, 0.6) is 0 Å². The first kappa shape index (κ1) is 9.04. The van der Waals surface area contributed by atoms with Crippen LogP contribution in [0.1, 0.15) is 46.5 Å². The van der Waals surface area contributed by atoms with Gasteiger partial charge in [-0.05, 0) is 36.5 Å². The minimum absolute atomic E-state index is 0.0706. The van der Waals surface area contributed by atoms with E-state index in [0.29, 0.717) is 5.41 Å². The zero-order valence-electron chi connectivity index (χ0n) is 8.81. The van der Waals surface area contributed by atoms with Crippen molar-refractivity contribution in [2.45, 2.75) is 46.5 Å². The first-order valence-corrected chi connectivity index (χ1v) is 5.16. The molecule has 2 rings (SSSR count). The highest BCUT2D eigenvalue weighted by atomic mass is 16.1. The molecule has 74 valence electrons. The lowest BCUT2D eigenvalue weighted by molar-refractivity contribution is -0.132. The average Bonchev–Trinajstić information content (AvgIpc) is 2.34. The first-order valence-electron chi connectivity index (χ1n) is 5.16. The van der Waals surface area contributed by atoms with Crippen LogP contribution in [0.25, 0.3) is 0 Å². The van der Waals surface area contributed by atoms with E-state index in [1.54, 1.807) is 0 Å². The number of nitrogens with two attached hydrogens (primary N) is 1. The molecule has 0 saturated heterocycles. The van der Waals surface area contributed by atoms with Crippen molar-refractivity contribution in [1.82, 2.24) is 0 Å². The summed E-state index contributed by atoms with van der Waals surface area (Å²) in [6.45, 7) is 6.75. The SMILES string of the molecule is CC12CCC(C(N)=O)(CC1)C2(C)C. The summed E-state index contributed by atoms with van der Waals surface area (Å²) in [7, 11) is 0. The number of rotatable bonds is 1. The molecule has 0 heterocycles. The van der Waals surface area contributed by atoms with E-state index in [1.165, 1.54) is 12.8 Å². The second-order valence-corrected chi connectivity index (χ2v) is 5.63. The quantitative estimate of drug-likeness (QED) is 0.661. The van der Waals surface area contributed by atoms with Crippen LogP contribution in [-0.4, -0.2) is 5.91 Å². The van der Waals surface area contributed by atoms with E-state index in [9.17, 15) is 4.79 Å². The maximum absolute atomic E-state index is 11.6. The fourth-order valence-corrected chi connectivity index (χ4v) is 3.61. The van der Waals surface area contributed by atoms with E-state index in [2.05, 4.69) is 20.8 Å². The van der Waals surface area contributed by atoms with Gasteiger partial charge in [0.25, 0.3) is 0 Å². The van der Waals surface area contributed by atoms with Crippen molar-refractivity contribution in [3.63, 3.8) is 0 Å². The van der Waals surface area contributed by atoms with Gasteiger partial charge in [0.15, 0.2) is 0 Å². The lowest BCUT2D eigenvalue weighted by atomic mass is 9.65. The third-order valence-corrected chi connectivity index (χ3v) is 5.38. The highest BCUT2D eigenvalue weighted by Gasteiger charge is 2.67. The highest BCUT2D eigenvalue weighted by molar-refractivity contribution is 5.83. The zero-order chi connectivity index (χ0) is 9.91. The molecule has 2 bridgehead atoms. The molecule has 2 aliphatic rings. The molecule has 13 heavy (non-hydrogen) atoms. The van der Waals surface area contributed by atoms with Crippen molar-refractivity contribution < 1.29 is 4.79 Å². The molecule has 0 radical (unpaired) electrons. The van der Waals surface area contributed by atoms with Crippen molar-refractivity contribution in [2.75, 3.05) is 0 Å². The van der Waals surface area contributed by atoms with E-state index in [0.717, 1.165) is 12.8 Å². The fourth-order valence-electron chi connectivity index (χ4n) is 3.61. The van der Waals surface area contributed by atoms with Gasteiger partial charge in [-0.3, -0.25) is 4.79 Å². The summed E-state index contributed by atoms with van der Waals surface area (Å²) < 4.78 is 0. The number of hydrogen-bond donors (Lipinski definition) is 1. The molecular weight excluding hydrogens is 162 g/mol. The minimum Gasteiger partial charge on any atom is -0.369 e. The molecule has 2 N–H and O–H groups in total. The number of carbonyl (C=O) groups excluding carboxylic acids is 1. The van der Waals surface area contributed by atoms with Crippen LogP contribution in [-0.2, 0) is 4.79 Å². The summed E-state index contributed by atoms with van der Waals surface area (Å²) >= 11 is 0. The number of hydrogen-bond acceptors (Lipinski definition) is 1. The Morgan fingerprint density at radius 3 is 1.69 bits per heavy atom. The fraction of sp³-hybridized carbons (Fsp3) is 0.909. The predicted octanol–water partition coefficient (Wildman–Crippen LogP) is 2.08. The number of fused-ring (bicyclic) bond motifs is 2. The lowest BCUT2D eigenvalue weighted by Crippen LogP contribution is -2.44. The molecule has 0 unspecified atom stereocenters. The Morgan fingerprint density at radius 1 is 1.08 bits per heavy atom. The van der Waals surface area contributed by atoms with Gasteiger partial charge in [0.05, 0.1) is 5.41 Å². The molecule has 1 amide bonds. The molecule has 2 saturated carbocycles. The Bertz CT molecular complexity index is 259. The Morgan fingerprint density at radius 2 is 1.54 bits per heavy atom. The lowest BCUT2D eigenvalue weighted by Gasteiger charge is -2.39. The van der Waals surface area contributed by atoms with Crippen molar-refractivity contribution in [1.29, 1.82) is 0 Å². The van der Waals surface area contributed by atoms with Gasteiger partial charge >= 0.3 is 0 Å². The Balaban J connectivity index is 2.50. The van der Waals surface area contributed by atoms with E-state index in [1.807, 2.05) is 0 Å². The summed E-state index contributed by atoms with van der Waals surface area (Å²) in [6, 6.07) is 0. The van der Waals surface area contributed by atoms with E-state index < -0.39 is 0 Å². The predicted molar refractivity (Wildman–Crippen MR) is 52.0 cm³/mol. The van der Waals surface area contributed by atoms with Gasteiger partial charge < -0.3 is 5.73 Å². The second-order valence-electron chi connectivity index (χ2n) is 5.63. The maximum atomic E-state index is 11.6. The van der Waals surface area contributed by atoms with Crippen molar-refractivity contribution in [3.8, 4) is 0 Å². The smallest absolute Gasteiger partial charge is 0.224 e. The monoisotopic (exact) mass is 181 g/mol. The first-order chi connectivity index (χ1) is 5.86.